The molecule has 1 spiro atoms. The van der Waals surface area contributed by atoms with Crippen LogP contribution in [0.5, 0.6) is 0 Å². The Labute approximate surface area is 221 Å². The van der Waals surface area contributed by atoms with Crippen LogP contribution in [-0.4, -0.2) is 63.1 Å². The zero-order valence-electron chi connectivity index (χ0n) is 21.3. The molecule has 10 heteroatoms. The molecule has 3 aliphatic rings. The van der Waals surface area contributed by atoms with E-state index in [0.717, 1.165) is 63.2 Å². The molecule has 38 heavy (non-hydrogen) atoms. The first-order valence-corrected chi connectivity index (χ1v) is 14.8. The van der Waals surface area contributed by atoms with Gasteiger partial charge in [-0.15, -0.1) is 0 Å². The van der Waals surface area contributed by atoms with Crippen molar-refractivity contribution in [1.82, 2.24) is 14.9 Å². The van der Waals surface area contributed by atoms with Gasteiger partial charge in [-0.25, -0.2) is 17.8 Å². The Morgan fingerprint density at radius 2 is 1.82 bits per heavy atom. The Balaban J connectivity index is 1.16. The minimum atomic E-state index is -3.33. The summed E-state index contributed by atoms with van der Waals surface area (Å²) in [6.07, 6.45) is 5.52. The SMILES string of the molecule is CS(=O)(=O)c1ccc(-n2cc(CCCN[C@@H]3C[C@H]3c3ccc(F)cc3)nc(N3CC4(COC4)C3)c2=O)cc1. The number of aromatic nitrogens is 2. The van der Waals surface area contributed by atoms with Gasteiger partial charge in [0.25, 0.3) is 5.56 Å². The number of nitrogens with zero attached hydrogens (tertiary/aromatic N) is 3. The van der Waals surface area contributed by atoms with Gasteiger partial charge < -0.3 is 15.0 Å². The van der Waals surface area contributed by atoms with Crippen LogP contribution >= 0.6 is 0 Å². The summed E-state index contributed by atoms with van der Waals surface area (Å²) in [4.78, 5) is 20.4. The van der Waals surface area contributed by atoms with Crippen LogP contribution in [0.3, 0.4) is 0 Å². The average molecular weight is 539 g/mol. The number of hydrogen-bond acceptors (Lipinski definition) is 7. The summed E-state index contributed by atoms with van der Waals surface area (Å²) in [6.45, 7) is 3.75. The molecule has 3 fully saturated rings. The number of aryl methyl sites for hydroxylation is 1. The van der Waals surface area contributed by atoms with Gasteiger partial charge in [0, 0.05) is 43.2 Å². The van der Waals surface area contributed by atoms with E-state index < -0.39 is 9.84 Å². The lowest BCUT2D eigenvalue weighted by atomic mass is 9.78. The summed E-state index contributed by atoms with van der Waals surface area (Å²) in [5.41, 5.74) is 2.50. The van der Waals surface area contributed by atoms with Crippen LogP contribution in [0.2, 0.25) is 0 Å². The molecule has 8 nitrogen and oxygen atoms in total. The highest BCUT2D eigenvalue weighted by Crippen LogP contribution is 2.41. The summed E-state index contributed by atoms with van der Waals surface area (Å²) in [7, 11) is -3.33. The Bertz CT molecular complexity index is 1490. The maximum Gasteiger partial charge on any atom is 0.298 e. The summed E-state index contributed by atoms with van der Waals surface area (Å²) in [5, 5.41) is 3.58. The standard InChI is InChI=1S/C28H31FN4O4S/c1-38(35,36)23-10-8-22(9-11-23)33-14-21(31-26(27(33)34)32-15-28(16-32)17-37-18-28)3-2-12-30-25-13-24(25)19-4-6-20(29)7-5-19/h4-11,14,24-25,30H,2-3,12-13,15-18H2,1H3/t24-,25+/m0/s1. The van der Waals surface area contributed by atoms with Gasteiger partial charge in [0.2, 0.25) is 0 Å². The summed E-state index contributed by atoms with van der Waals surface area (Å²) in [5.74, 6) is 0.637. The van der Waals surface area contributed by atoms with Crippen LogP contribution in [0, 0.1) is 11.2 Å². The summed E-state index contributed by atoms with van der Waals surface area (Å²) >= 11 is 0. The van der Waals surface area contributed by atoms with Crippen LogP contribution in [-0.2, 0) is 21.0 Å². The number of sulfone groups is 1. The van der Waals surface area contributed by atoms with Gasteiger partial charge in [-0.3, -0.25) is 9.36 Å². The van der Waals surface area contributed by atoms with E-state index in [0.29, 0.717) is 29.9 Å². The molecule has 3 heterocycles. The first kappa shape index (κ1) is 25.2. The molecule has 0 unspecified atom stereocenters. The third kappa shape index (κ3) is 5.00. The molecule has 0 radical (unpaired) electrons. The molecule has 0 bridgehead atoms. The fourth-order valence-corrected chi connectivity index (χ4v) is 6.07. The molecule has 1 N–H and O–H groups in total. The highest BCUT2D eigenvalue weighted by atomic mass is 32.2. The summed E-state index contributed by atoms with van der Waals surface area (Å²) < 4.78 is 43.9. The van der Waals surface area contributed by atoms with Crippen molar-refractivity contribution in [3.05, 3.63) is 82.2 Å². The lowest BCUT2D eigenvalue weighted by Gasteiger charge is -2.55. The zero-order valence-corrected chi connectivity index (χ0v) is 22.1. The Kier molecular flexibility index (Phi) is 6.36. The molecule has 6 rings (SSSR count). The van der Waals surface area contributed by atoms with Crippen molar-refractivity contribution in [2.45, 2.75) is 36.1 Å². The van der Waals surface area contributed by atoms with Crippen molar-refractivity contribution in [2.24, 2.45) is 5.41 Å². The van der Waals surface area contributed by atoms with Gasteiger partial charge in [-0.2, -0.15) is 0 Å². The highest BCUT2D eigenvalue weighted by molar-refractivity contribution is 7.90. The summed E-state index contributed by atoms with van der Waals surface area (Å²) in [6, 6.07) is 13.5. The van der Waals surface area contributed by atoms with E-state index in [1.807, 2.05) is 17.0 Å². The van der Waals surface area contributed by atoms with E-state index in [9.17, 15) is 17.6 Å². The van der Waals surface area contributed by atoms with Crippen LogP contribution in [0.25, 0.3) is 5.69 Å². The smallest absolute Gasteiger partial charge is 0.298 e. The lowest BCUT2D eigenvalue weighted by molar-refractivity contribution is -0.127. The van der Waals surface area contributed by atoms with Gasteiger partial charge in [-0.1, -0.05) is 12.1 Å². The highest BCUT2D eigenvalue weighted by Gasteiger charge is 2.50. The van der Waals surface area contributed by atoms with Crippen LogP contribution < -0.4 is 15.8 Å². The molecular weight excluding hydrogens is 507 g/mol. The average Bonchev–Trinajstić information content (AvgIpc) is 3.61. The second-order valence-electron chi connectivity index (χ2n) is 10.9. The lowest BCUT2D eigenvalue weighted by Crippen LogP contribution is -2.67. The van der Waals surface area contributed by atoms with Gasteiger partial charge in [0.05, 0.1) is 29.2 Å². The largest absolute Gasteiger partial charge is 0.380 e. The predicted molar refractivity (Wildman–Crippen MR) is 142 cm³/mol. The number of benzene rings is 2. The fraction of sp³-hybridized carbons (Fsp3) is 0.429. The van der Waals surface area contributed by atoms with Gasteiger partial charge in [0.15, 0.2) is 15.7 Å². The topological polar surface area (TPSA) is 93.5 Å². The predicted octanol–water partition coefficient (Wildman–Crippen LogP) is 2.69. The number of halogens is 1. The van der Waals surface area contributed by atoms with Crippen molar-refractivity contribution < 1.29 is 17.5 Å². The van der Waals surface area contributed by atoms with E-state index >= 15 is 0 Å². The number of hydrogen-bond donors (Lipinski definition) is 1. The van der Waals surface area contributed by atoms with E-state index in [1.165, 1.54) is 24.3 Å². The van der Waals surface area contributed by atoms with E-state index in [-0.39, 0.29) is 21.7 Å². The molecular formula is C28H31FN4O4S. The number of anilines is 1. The van der Waals surface area contributed by atoms with E-state index in [4.69, 9.17) is 9.72 Å². The van der Waals surface area contributed by atoms with E-state index in [1.54, 1.807) is 22.9 Å². The molecule has 1 aromatic heterocycles. The van der Waals surface area contributed by atoms with Crippen LogP contribution in [0.4, 0.5) is 10.2 Å². The van der Waals surface area contributed by atoms with E-state index in [2.05, 4.69) is 5.32 Å². The molecule has 2 aromatic carbocycles. The number of rotatable bonds is 9. The fourth-order valence-electron chi connectivity index (χ4n) is 5.44. The van der Waals surface area contributed by atoms with Gasteiger partial charge in [-0.05, 0) is 67.8 Å². The molecule has 1 aliphatic carbocycles. The molecule has 2 aliphatic heterocycles. The van der Waals surface area contributed by atoms with Crippen LogP contribution in [0.15, 0.2) is 64.4 Å². The third-order valence-electron chi connectivity index (χ3n) is 7.75. The van der Waals surface area contributed by atoms with Crippen molar-refractivity contribution >= 4 is 15.7 Å². The Hall–Kier alpha value is -3.08. The Morgan fingerprint density at radius 1 is 1.11 bits per heavy atom. The zero-order chi connectivity index (χ0) is 26.5. The van der Waals surface area contributed by atoms with Crippen molar-refractivity contribution in [3.8, 4) is 5.69 Å². The van der Waals surface area contributed by atoms with Crippen molar-refractivity contribution in [2.75, 3.05) is 44.0 Å². The second kappa shape index (κ2) is 9.59. The van der Waals surface area contributed by atoms with Gasteiger partial charge in [0.1, 0.15) is 5.82 Å². The second-order valence-corrected chi connectivity index (χ2v) is 12.9. The quantitative estimate of drug-likeness (QED) is 0.419. The maximum atomic E-state index is 13.4. The molecule has 200 valence electrons. The molecule has 2 saturated heterocycles. The third-order valence-corrected chi connectivity index (χ3v) is 8.88. The molecule has 0 amide bonds. The van der Waals surface area contributed by atoms with Crippen molar-refractivity contribution in [3.63, 3.8) is 0 Å². The minimum absolute atomic E-state index is 0.140. The van der Waals surface area contributed by atoms with Crippen molar-refractivity contribution in [1.29, 1.82) is 0 Å². The molecule has 1 saturated carbocycles. The Morgan fingerprint density at radius 3 is 2.45 bits per heavy atom. The molecule has 2 atom stereocenters. The van der Waals surface area contributed by atoms with Gasteiger partial charge >= 0.3 is 0 Å². The monoisotopic (exact) mass is 538 g/mol. The molecule has 3 aromatic rings. The number of nitrogens with one attached hydrogen (secondary N) is 1. The normalized spacial score (nSPS) is 21.7. The minimum Gasteiger partial charge on any atom is -0.380 e. The maximum absolute atomic E-state index is 13.4. The first-order chi connectivity index (χ1) is 18.2. The first-order valence-electron chi connectivity index (χ1n) is 13.0. The van der Waals surface area contributed by atoms with Crippen LogP contribution in [0.1, 0.15) is 30.0 Å². The number of ether oxygens (including phenoxy) is 1.